The molecule has 0 unspecified atom stereocenters. The van der Waals surface area contributed by atoms with E-state index in [1.54, 1.807) is 0 Å². The van der Waals surface area contributed by atoms with Crippen molar-refractivity contribution in [1.82, 2.24) is 0 Å². The number of carboxylic acid groups (broad SMARTS) is 2. The third kappa shape index (κ3) is 7.29. The molecule has 6 nitrogen and oxygen atoms in total. The summed E-state index contributed by atoms with van der Waals surface area (Å²) in [5, 5.41) is 42.6. The van der Waals surface area contributed by atoms with E-state index in [9.17, 15) is 30.0 Å². The van der Waals surface area contributed by atoms with E-state index in [0.29, 0.717) is 24.0 Å². The number of aryl methyl sites for hydroxylation is 2. The first-order valence-corrected chi connectivity index (χ1v) is 14.4. The van der Waals surface area contributed by atoms with E-state index in [1.165, 1.54) is 0 Å². The molecular formula is C35H44O6. The van der Waals surface area contributed by atoms with Crippen molar-refractivity contribution in [2.45, 2.75) is 96.8 Å². The Kier molecular flexibility index (Phi) is 9.90. The summed E-state index contributed by atoms with van der Waals surface area (Å²) in [6, 6.07) is 17.2. The second-order valence-corrected chi connectivity index (χ2v) is 12.3. The fraction of sp³-hybridized carbons (Fsp3) is 0.429. The summed E-state index contributed by atoms with van der Waals surface area (Å²) < 4.78 is 0. The maximum absolute atomic E-state index is 11.9. The summed E-state index contributed by atoms with van der Waals surface area (Å²) in [5.74, 6) is -2.13. The predicted octanol–water partition coefficient (Wildman–Crippen LogP) is 7.69. The van der Waals surface area contributed by atoms with Crippen molar-refractivity contribution < 1.29 is 30.0 Å². The number of hydrogen-bond donors (Lipinski definition) is 4. The Morgan fingerprint density at radius 3 is 1.41 bits per heavy atom. The van der Waals surface area contributed by atoms with E-state index in [4.69, 9.17) is 0 Å². The summed E-state index contributed by atoms with van der Waals surface area (Å²) >= 11 is 0. The number of phenols is 2. The molecule has 0 heterocycles. The van der Waals surface area contributed by atoms with Crippen LogP contribution in [-0.4, -0.2) is 32.4 Å². The van der Waals surface area contributed by atoms with E-state index in [2.05, 4.69) is 41.5 Å². The Labute approximate surface area is 243 Å². The van der Waals surface area contributed by atoms with Gasteiger partial charge < -0.3 is 20.4 Å². The van der Waals surface area contributed by atoms with Gasteiger partial charge in [-0.25, -0.2) is 0 Å². The van der Waals surface area contributed by atoms with Gasteiger partial charge in [0.2, 0.25) is 0 Å². The minimum atomic E-state index is -0.897. The van der Waals surface area contributed by atoms with Crippen molar-refractivity contribution in [2.24, 2.45) is 0 Å². The average Bonchev–Trinajstić information content (AvgIpc) is 2.93. The smallest absolute Gasteiger partial charge is 0.303 e. The molecule has 4 N–H and O–H groups in total. The molecule has 0 fully saturated rings. The van der Waals surface area contributed by atoms with Gasteiger partial charge in [-0.05, 0) is 53.2 Å². The first-order valence-electron chi connectivity index (χ1n) is 14.4. The van der Waals surface area contributed by atoms with Gasteiger partial charge >= 0.3 is 11.9 Å². The Balaban J connectivity index is 2.43. The second-order valence-electron chi connectivity index (χ2n) is 12.3. The van der Waals surface area contributed by atoms with E-state index < -0.39 is 17.9 Å². The van der Waals surface area contributed by atoms with Crippen LogP contribution in [0.1, 0.15) is 112 Å². The summed E-state index contributed by atoms with van der Waals surface area (Å²) in [6.45, 7) is 12.3. The summed E-state index contributed by atoms with van der Waals surface area (Å²) in [5.41, 5.74) is 4.30. The molecule has 0 aliphatic rings. The SMILES string of the molecule is CCC(C)(C)c1cc(CCC(=O)O)cc(C(c2ccccc2)c2cc(CCC(=O)O)cc(C(C)(C)CC)c2O)c1O. The fourth-order valence-corrected chi connectivity index (χ4v) is 5.25. The van der Waals surface area contributed by atoms with Crippen LogP contribution in [0.2, 0.25) is 0 Å². The Morgan fingerprint density at radius 2 is 1.07 bits per heavy atom. The average molecular weight is 561 g/mol. The highest BCUT2D eigenvalue weighted by molar-refractivity contribution is 5.68. The summed E-state index contributed by atoms with van der Waals surface area (Å²) in [4.78, 5) is 22.9. The van der Waals surface area contributed by atoms with E-state index >= 15 is 0 Å². The van der Waals surface area contributed by atoms with Crippen molar-refractivity contribution in [3.05, 3.63) is 93.5 Å². The number of carboxylic acids is 2. The molecule has 3 aromatic rings. The van der Waals surface area contributed by atoms with E-state index in [1.807, 2.05) is 54.6 Å². The standard InChI is InChI=1S/C35H44O6/c1-7-34(3,4)27-20-22(14-16-29(36)37)18-25(32(27)40)31(24-12-10-9-11-13-24)26-19-23(15-17-30(38)39)21-28(33(26)41)35(5,6)8-2/h9-13,18-21,31,40-41H,7-8,14-17H2,1-6H3,(H,36,37)(H,38,39). The van der Waals surface area contributed by atoms with Gasteiger partial charge in [0.25, 0.3) is 0 Å². The van der Waals surface area contributed by atoms with Gasteiger partial charge in [-0.15, -0.1) is 0 Å². The Morgan fingerprint density at radius 1 is 0.683 bits per heavy atom. The van der Waals surface area contributed by atoms with Crippen molar-refractivity contribution in [1.29, 1.82) is 0 Å². The maximum Gasteiger partial charge on any atom is 0.303 e. The van der Waals surface area contributed by atoms with Crippen LogP contribution in [-0.2, 0) is 33.3 Å². The van der Waals surface area contributed by atoms with Crippen LogP contribution < -0.4 is 0 Å². The minimum absolute atomic E-state index is 0.0447. The lowest BCUT2D eigenvalue weighted by Crippen LogP contribution is -2.19. The zero-order valence-electron chi connectivity index (χ0n) is 25.1. The number of rotatable bonds is 13. The van der Waals surface area contributed by atoms with Crippen molar-refractivity contribution in [3.8, 4) is 11.5 Å². The Bertz CT molecular complexity index is 1300. The summed E-state index contributed by atoms with van der Waals surface area (Å²) in [6.07, 6.45) is 2.02. The highest BCUT2D eigenvalue weighted by Gasteiger charge is 2.32. The number of carbonyl (C=O) groups is 2. The van der Waals surface area contributed by atoms with Crippen molar-refractivity contribution in [2.75, 3.05) is 0 Å². The van der Waals surface area contributed by atoms with Crippen molar-refractivity contribution >= 4 is 11.9 Å². The number of phenolic OH excluding ortho intramolecular Hbond substituents is 2. The molecule has 0 bridgehead atoms. The molecule has 0 aliphatic heterocycles. The van der Waals surface area contributed by atoms with Gasteiger partial charge in [-0.3, -0.25) is 9.59 Å². The summed E-state index contributed by atoms with van der Waals surface area (Å²) in [7, 11) is 0. The molecule has 0 spiro atoms. The first-order chi connectivity index (χ1) is 19.2. The molecule has 0 saturated carbocycles. The molecule has 0 saturated heterocycles. The molecule has 0 atom stereocenters. The molecule has 41 heavy (non-hydrogen) atoms. The predicted molar refractivity (Wildman–Crippen MR) is 162 cm³/mol. The van der Waals surface area contributed by atoms with Gasteiger partial charge in [-0.2, -0.15) is 0 Å². The number of aromatic hydroxyl groups is 2. The van der Waals surface area contributed by atoms with Crippen LogP contribution in [0.25, 0.3) is 0 Å². The zero-order valence-corrected chi connectivity index (χ0v) is 25.1. The molecule has 220 valence electrons. The Hall–Kier alpha value is -3.80. The molecule has 0 amide bonds. The van der Waals surface area contributed by atoms with Crippen LogP contribution in [0, 0.1) is 0 Å². The number of hydrogen-bond acceptors (Lipinski definition) is 4. The molecular weight excluding hydrogens is 516 g/mol. The van der Waals surface area contributed by atoms with Gasteiger partial charge in [-0.1, -0.05) is 96.1 Å². The monoisotopic (exact) mass is 560 g/mol. The van der Waals surface area contributed by atoms with Gasteiger partial charge in [0.05, 0.1) is 0 Å². The lowest BCUT2D eigenvalue weighted by molar-refractivity contribution is -0.138. The van der Waals surface area contributed by atoms with Gasteiger partial charge in [0.15, 0.2) is 0 Å². The highest BCUT2D eigenvalue weighted by Crippen LogP contribution is 2.48. The molecule has 0 aliphatic carbocycles. The van der Waals surface area contributed by atoms with E-state index in [0.717, 1.165) is 40.7 Å². The topological polar surface area (TPSA) is 115 Å². The van der Waals surface area contributed by atoms with Crippen molar-refractivity contribution in [3.63, 3.8) is 0 Å². The minimum Gasteiger partial charge on any atom is -0.507 e. The number of aliphatic carboxylic acids is 2. The van der Waals surface area contributed by atoms with Crippen LogP contribution >= 0.6 is 0 Å². The first kappa shape index (κ1) is 31.7. The van der Waals surface area contributed by atoms with Crippen LogP contribution in [0.15, 0.2) is 54.6 Å². The quantitative estimate of drug-likeness (QED) is 0.159. The highest BCUT2D eigenvalue weighted by atomic mass is 16.4. The number of benzene rings is 3. The fourth-order valence-electron chi connectivity index (χ4n) is 5.25. The van der Waals surface area contributed by atoms with Crippen LogP contribution in [0.4, 0.5) is 0 Å². The van der Waals surface area contributed by atoms with E-state index in [-0.39, 0.29) is 35.2 Å². The molecule has 3 rings (SSSR count). The zero-order chi connectivity index (χ0) is 30.5. The third-order valence-corrected chi connectivity index (χ3v) is 8.63. The molecule has 3 aromatic carbocycles. The third-order valence-electron chi connectivity index (χ3n) is 8.63. The lowest BCUT2D eigenvalue weighted by Gasteiger charge is -2.31. The van der Waals surface area contributed by atoms with Crippen LogP contribution in [0.5, 0.6) is 11.5 Å². The van der Waals surface area contributed by atoms with Crippen LogP contribution in [0.3, 0.4) is 0 Å². The molecule has 0 radical (unpaired) electrons. The van der Waals surface area contributed by atoms with Gasteiger partial charge in [0, 0.05) is 41.0 Å². The largest absolute Gasteiger partial charge is 0.507 e. The molecule has 6 heteroatoms. The normalized spacial score (nSPS) is 12.1. The second kappa shape index (κ2) is 12.8. The maximum atomic E-state index is 11.9. The molecule has 0 aromatic heterocycles. The van der Waals surface area contributed by atoms with Gasteiger partial charge in [0.1, 0.15) is 11.5 Å². The lowest BCUT2D eigenvalue weighted by atomic mass is 9.74.